The lowest BCUT2D eigenvalue weighted by Crippen LogP contribution is -2.27. The van der Waals surface area contributed by atoms with E-state index in [9.17, 15) is 0 Å². The highest BCUT2D eigenvalue weighted by molar-refractivity contribution is 4.76. The van der Waals surface area contributed by atoms with E-state index in [-0.39, 0.29) is 0 Å². The van der Waals surface area contributed by atoms with Crippen molar-refractivity contribution in [3.8, 4) is 0 Å². The maximum Gasteiger partial charge on any atom is 0.00388 e. The Labute approximate surface area is 83.3 Å². The standard InChI is InChI=1S/C12H25N/c1-10(2)5-4-6-11(3)13-9-12-7-8-12/h10-13H,4-9H2,1-3H3. The van der Waals surface area contributed by atoms with Gasteiger partial charge in [-0.25, -0.2) is 0 Å². The fourth-order valence-electron chi connectivity index (χ4n) is 1.62. The van der Waals surface area contributed by atoms with Gasteiger partial charge in [0.25, 0.3) is 0 Å². The van der Waals surface area contributed by atoms with Gasteiger partial charge in [-0.3, -0.25) is 0 Å². The molecule has 0 bridgehead atoms. The second-order valence-corrected chi connectivity index (χ2v) is 5.08. The molecule has 78 valence electrons. The van der Waals surface area contributed by atoms with E-state index in [1.807, 2.05) is 0 Å². The lowest BCUT2D eigenvalue weighted by atomic mass is 10.0. The smallest absolute Gasteiger partial charge is 0.00388 e. The number of hydrogen-bond acceptors (Lipinski definition) is 1. The van der Waals surface area contributed by atoms with Crippen molar-refractivity contribution in [2.75, 3.05) is 6.54 Å². The molecule has 1 unspecified atom stereocenters. The van der Waals surface area contributed by atoms with Gasteiger partial charge in [0.2, 0.25) is 0 Å². The zero-order chi connectivity index (χ0) is 9.68. The van der Waals surface area contributed by atoms with Gasteiger partial charge in [-0.2, -0.15) is 0 Å². The van der Waals surface area contributed by atoms with Crippen LogP contribution >= 0.6 is 0 Å². The van der Waals surface area contributed by atoms with Crippen molar-refractivity contribution < 1.29 is 0 Å². The minimum atomic E-state index is 0.736. The summed E-state index contributed by atoms with van der Waals surface area (Å²) < 4.78 is 0. The number of nitrogens with one attached hydrogen (secondary N) is 1. The molecule has 1 aliphatic carbocycles. The molecule has 1 fully saturated rings. The predicted molar refractivity (Wildman–Crippen MR) is 58.9 cm³/mol. The Hall–Kier alpha value is -0.0400. The summed E-state index contributed by atoms with van der Waals surface area (Å²) in [5.74, 6) is 1.89. The minimum absolute atomic E-state index is 0.736. The summed E-state index contributed by atoms with van der Waals surface area (Å²) in [5, 5.41) is 3.62. The van der Waals surface area contributed by atoms with E-state index in [0.29, 0.717) is 0 Å². The first-order valence-corrected chi connectivity index (χ1v) is 5.92. The van der Waals surface area contributed by atoms with Gasteiger partial charge in [0.15, 0.2) is 0 Å². The van der Waals surface area contributed by atoms with Crippen LogP contribution in [0.3, 0.4) is 0 Å². The molecule has 0 aliphatic heterocycles. The van der Waals surface area contributed by atoms with Crippen molar-refractivity contribution in [3.63, 3.8) is 0 Å². The van der Waals surface area contributed by atoms with Crippen LogP contribution in [0.25, 0.3) is 0 Å². The molecule has 0 amide bonds. The van der Waals surface area contributed by atoms with Crippen molar-refractivity contribution in [2.24, 2.45) is 11.8 Å². The second-order valence-electron chi connectivity index (χ2n) is 5.08. The zero-order valence-electron chi connectivity index (χ0n) is 9.47. The topological polar surface area (TPSA) is 12.0 Å². The minimum Gasteiger partial charge on any atom is -0.314 e. The van der Waals surface area contributed by atoms with E-state index in [1.54, 1.807) is 0 Å². The fraction of sp³-hybridized carbons (Fsp3) is 1.00. The second kappa shape index (κ2) is 5.64. The van der Waals surface area contributed by atoms with Crippen LogP contribution in [0.1, 0.15) is 52.9 Å². The van der Waals surface area contributed by atoms with Gasteiger partial charge in [0.05, 0.1) is 0 Å². The molecular weight excluding hydrogens is 158 g/mol. The average Bonchev–Trinajstić information content (AvgIpc) is 2.83. The van der Waals surface area contributed by atoms with Gasteiger partial charge in [0, 0.05) is 6.04 Å². The molecule has 0 aromatic carbocycles. The zero-order valence-corrected chi connectivity index (χ0v) is 9.47. The van der Waals surface area contributed by atoms with Crippen LogP contribution in [-0.2, 0) is 0 Å². The first kappa shape index (κ1) is 11.0. The molecular formula is C12H25N. The van der Waals surface area contributed by atoms with Crippen LogP contribution in [-0.4, -0.2) is 12.6 Å². The quantitative estimate of drug-likeness (QED) is 0.639. The molecule has 0 saturated heterocycles. The summed E-state index contributed by atoms with van der Waals surface area (Å²) >= 11 is 0. The van der Waals surface area contributed by atoms with E-state index in [4.69, 9.17) is 0 Å². The third-order valence-electron chi connectivity index (χ3n) is 2.87. The molecule has 0 aromatic rings. The molecule has 1 rings (SSSR count). The molecule has 1 atom stereocenters. The Balaban J connectivity index is 1.87. The number of hydrogen-bond donors (Lipinski definition) is 1. The predicted octanol–water partition coefficient (Wildman–Crippen LogP) is 3.20. The third-order valence-corrected chi connectivity index (χ3v) is 2.87. The van der Waals surface area contributed by atoms with Crippen molar-refractivity contribution in [2.45, 2.75) is 58.9 Å². The Morgan fingerprint density at radius 1 is 1.15 bits per heavy atom. The van der Waals surface area contributed by atoms with Gasteiger partial charge >= 0.3 is 0 Å². The normalized spacial score (nSPS) is 19.4. The van der Waals surface area contributed by atoms with E-state index < -0.39 is 0 Å². The molecule has 0 aromatic heterocycles. The average molecular weight is 183 g/mol. The molecule has 1 aliphatic rings. The van der Waals surface area contributed by atoms with Crippen LogP contribution in [0.5, 0.6) is 0 Å². The van der Waals surface area contributed by atoms with E-state index in [1.165, 1.54) is 38.6 Å². The SMILES string of the molecule is CC(C)CCCC(C)NCC1CC1. The summed E-state index contributed by atoms with van der Waals surface area (Å²) in [7, 11) is 0. The summed E-state index contributed by atoms with van der Waals surface area (Å²) in [6, 6.07) is 0.736. The van der Waals surface area contributed by atoms with Gasteiger partial charge in [0.1, 0.15) is 0 Å². The first-order chi connectivity index (χ1) is 6.18. The molecule has 1 nitrogen and oxygen atoms in total. The number of rotatable bonds is 7. The maximum absolute atomic E-state index is 3.62. The Bertz CT molecular complexity index is 127. The molecule has 0 heterocycles. The maximum atomic E-state index is 3.62. The van der Waals surface area contributed by atoms with Crippen molar-refractivity contribution in [3.05, 3.63) is 0 Å². The van der Waals surface area contributed by atoms with Crippen LogP contribution < -0.4 is 5.32 Å². The lowest BCUT2D eigenvalue weighted by molar-refractivity contribution is 0.451. The molecule has 0 spiro atoms. The molecule has 1 saturated carbocycles. The largest absolute Gasteiger partial charge is 0.314 e. The Kier molecular flexibility index (Phi) is 4.79. The van der Waals surface area contributed by atoms with E-state index in [0.717, 1.165) is 17.9 Å². The highest BCUT2D eigenvalue weighted by Crippen LogP contribution is 2.27. The van der Waals surface area contributed by atoms with Gasteiger partial charge in [-0.1, -0.05) is 26.7 Å². The lowest BCUT2D eigenvalue weighted by Gasteiger charge is -2.13. The first-order valence-electron chi connectivity index (χ1n) is 5.92. The van der Waals surface area contributed by atoms with Crippen LogP contribution in [0, 0.1) is 11.8 Å². The molecule has 13 heavy (non-hydrogen) atoms. The Morgan fingerprint density at radius 3 is 2.38 bits per heavy atom. The van der Waals surface area contributed by atoms with Crippen molar-refractivity contribution in [1.82, 2.24) is 5.32 Å². The highest BCUT2D eigenvalue weighted by atomic mass is 14.9. The van der Waals surface area contributed by atoms with E-state index >= 15 is 0 Å². The van der Waals surface area contributed by atoms with Gasteiger partial charge in [-0.15, -0.1) is 0 Å². The highest BCUT2D eigenvalue weighted by Gasteiger charge is 2.20. The summed E-state index contributed by atoms with van der Waals surface area (Å²) in [5.41, 5.74) is 0. The Morgan fingerprint density at radius 2 is 1.85 bits per heavy atom. The van der Waals surface area contributed by atoms with E-state index in [2.05, 4.69) is 26.1 Å². The van der Waals surface area contributed by atoms with Crippen molar-refractivity contribution in [1.29, 1.82) is 0 Å². The van der Waals surface area contributed by atoms with Crippen LogP contribution in [0.2, 0.25) is 0 Å². The molecule has 1 heteroatoms. The molecule has 0 radical (unpaired) electrons. The monoisotopic (exact) mass is 183 g/mol. The van der Waals surface area contributed by atoms with Crippen LogP contribution in [0.15, 0.2) is 0 Å². The van der Waals surface area contributed by atoms with Crippen LogP contribution in [0.4, 0.5) is 0 Å². The summed E-state index contributed by atoms with van der Waals surface area (Å²) in [6.07, 6.45) is 7.05. The fourth-order valence-corrected chi connectivity index (χ4v) is 1.62. The summed E-state index contributed by atoms with van der Waals surface area (Å²) in [6.45, 7) is 8.20. The van der Waals surface area contributed by atoms with Gasteiger partial charge in [-0.05, 0) is 44.6 Å². The molecule has 1 N–H and O–H groups in total. The van der Waals surface area contributed by atoms with Gasteiger partial charge < -0.3 is 5.32 Å². The summed E-state index contributed by atoms with van der Waals surface area (Å²) in [4.78, 5) is 0. The van der Waals surface area contributed by atoms with Crippen molar-refractivity contribution >= 4 is 0 Å². The third kappa shape index (κ3) is 6.09.